The van der Waals surface area contributed by atoms with Crippen molar-refractivity contribution in [2.45, 2.75) is 0 Å². The van der Waals surface area contributed by atoms with Gasteiger partial charge in [0.1, 0.15) is 39.2 Å². The van der Waals surface area contributed by atoms with Crippen LogP contribution in [-0.4, -0.2) is 63.3 Å². The molecule has 10 radical (unpaired) electrons. The zero-order valence-electron chi connectivity index (χ0n) is 29.5. The lowest BCUT2D eigenvalue weighted by Crippen LogP contribution is -2.56. The quantitative estimate of drug-likeness (QED) is 0.239. The lowest BCUT2D eigenvalue weighted by Gasteiger charge is -2.23. The van der Waals surface area contributed by atoms with E-state index in [0.29, 0.717) is 23.3 Å². The van der Waals surface area contributed by atoms with Gasteiger partial charge < -0.3 is 4.57 Å². The van der Waals surface area contributed by atoms with Crippen LogP contribution in [0.15, 0.2) is 146 Å². The highest BCUT2D eigenvalue weighted by Gasteiger charge is 2.23. The Morgan fingerprint density at radius 1 is 0.327 bits per heavy atom. The summed E-state index contributed by atoms with van der Waals surface area (Å²) in [5, 5.41) is 4.08. The molecule has 0 spiro atoms. The van der Waals surface area contributed by atoms with Crippen LogP contribution in [0.2, 0.25) is 0 Å². The van der Waals surface area contributed by atoms with Gasteiger partial charge in [-0.1, -0.05) is 132 Å². The molecule has 0 aliphatic rings. The number of benzene rings is 7. The molecule has 0 fully saturated rings. The number of nitrogens with zero attached hydrogens (tertiary/aromatic N) is 5. The van der Waals surface area contributed by atoms with Gasteiger partial charge in [-0.3, -0.25) is 4.57 Å². The van der Waals surface area contributed by atoms with Crippen molar-refractivity contribution in [3.05, 3.63) is 146 Å². The molecule has 0 saturated heterocycles. The summed E-state index contributed by atoms with van der Waals surface area (Å²) in [6, 6.07) is 49.3. The second kappa shape index (κ2) is 12.8. The average molecular weight is 689 g/mol. The van der Waals surface area contributed by atoms with Crippen LogP contribution in [0, 0.1) is 0 Å². The summed E-state index contributed by atoms with van der Waals surface area (Å²) in [7, 11) is 32.5. The maximum absolute atomic E-state index is 6.71. The number of aromatic nitrogens is 5. The van der Waals surface area contributed by atoms with Gasteiger partial charge in [0.25, 0.3) is 0 Å². The summed E-state index contributed by atoms with van der Waals surface area (Å²) in [4.78, 5) is 15.4. The van der Waals surface area contributed by atoms with E-state index in [1.54, 1.807) is 0 Å². The lowest BCUT2D eigenvalue weighted by molar-refractivity contribution is 0.953. The van der Waals surface area contributed by atoms with Crippen LogP contribution in [0.1, 0.15) is 0 Å². The van der Waals surface area contributed by atoms with E-state index in [9.17, 15) is 0 Å². The topological polar surface area (TPSA) is 48.5 Å². The maximum atomic E-state index is 6.71. The Kier molecular flexibility index (Phi) is 7.70. The Hall–Kier alpha value is -6.53. The highest BCUT2D eigenvalue weighted by atomic mass is 15.2. The minimum Gasteiger partial charge on any atom is -0.310 e. The predicted octanol–water partition coefficient (Wildman–Crippen LogP) is 5.04. The zero-order valence-corrected chi connectivity index (χ0v) is 29.5. The van der Waals surface area contributed by atoms with Crippen LogP contribution in [-0.2, 0) is 0 Å². The second-order valence-electron chi connectivity index (χ2n) is 13.6. The van der Waals surface area contributed by atoms with Crippen molar-refractivity contribution in [3.63, 3.8) is 0 Å². The molecule has 0 aliphatic heterocycles. The fraction of sp³-hybridized carbons (Fsp3) is 0. The van der Waals surface area contributed by atoms with Crippen LogP contribution in [0.25, 0.3) is 89.2 Å². The third kappa shape index (κ3) is 5.19. The van der Waals surface area contributed by atoms with Crippen molar-refractivity contribution in [3.8, 4) is 45.5 Å². The first-order chi connectivity index (χ1) is 26.9. The van der Waals surface area contributed by atoms with E-state index in [0.717, 1.165) is 65.9 Å². The Morgan fingerprint density at radius 2 is 0.745 bits per heavy atom. The third-order valence-corrected chi connectivity index (χ3v) is 10.5. The minimum atomic E-state index is 0.164. The molecule has 3 aromatic heterocycles. The first-order valence-corrected chi connectivity index (χ1v) is 17.8. The van der Waals surface area contributed by atoms with Gasteiger partial charge in [0.2, 0.25) is 5.95 Å². The maximum Gasteiger partial charge on any atom is 0.238 e. The molecule has 244 valence electrons. The van der Waals surface area contributed by atoms with Crippen molar-refractivity contribution in [2.24, 2.45) is 0 Å². The first-order valence-electron chi connectivity index (χ1n) is 17.8. The Balaban J connectivity index is 1.28. The van der Waals surface area contributed by atoms with Crippen LogP contribution >= 0.6 is 0 Å². The number of hydrogen-bond acceptors (Lipinski definition) is 3. The molecule has 5 nitrogen and oxygen atoms in total. The van der Waals surface area contributed by atoms with Crippen molar-refractivity contribution in [1.29, 1.82) is 0 Å². The van der Waals surface area contributed by atoms with Gasteiger partial charge in [-0.15, -0.1) is 16.4 Å². The summed E-state index contributed by atoms with van der Waals surface area (Å²) >= 11 is 0. The SMILES string of the molecule is [B]c1c([B])c([B])c(-n2c3ccccc3c3cc4c5ccccc5n(-c5nc(-c6ccccc6)nc(-c6ccc(-c7ccccc7)cc6)n5)c4cc32)c([B])c1[B]. The van der Waals surface area contributed by atoms with E-state index in [-0.39, 0.29) is 27.3 Å². The van der Waals surface area contributed by atoms with E-state index in [1.165, 1.54) is 0 Å². The van der Waals surface area contributed by atoms with Crippen molar-refractivity contribution in [2.75, 3.05) is 0 Å². The van der Waals surface area contributed by atoms with Gasteiger partial charge in [0.15, 0.2) is 11.6 Å². The highest BCUT2D eigenvalue weighted by molar-refractivity contribution is 6.68. The monoisotopic (exact) mass is 689 g/mol. The van der Waals surface area contributed by atoms with Gasteiger partial charge >= 0.3 is 0 Å². The van der Waals surface area contributed by atoms with Crippen molar-refractivity contribution < 1.29 is 0 Å². The van der Waals surface area contributed by atoms with E-state index in [1.807, 2.05) is 83.4 Å². The molecule has 3 heterocycles. The molecular formula is C45H24B5N5. The second-order valence-corrected chi connectivity index (χ2v) is 13.6. The van der Waals surface area contributed by atoms with Crippen LogP contribution in [0.3, 0.4) is 0 Å². The van der Waals surface area contributed by atoms with Gasteiger partial charge in [0.05, 0.1) is 22.1 Å². The van der Waals surface area contributed by atoms with Gasteiger partial charge in [-0.05, 0) is 35.4 Å². The standard InChI is InChI=1S/C45H24B5N5/c46-37-38(47)40(49)42(41(50)39(37)48)54-33-17-9-7-15-29(33)31-23-32-30-16-8-10-18-34(30)55(36(32)24-35(31)54)45-52-43(27-13-5-2-6-14-27)51-44(53-45)28-21-19-26(20-22-28)25-11-3-1-4-12-25/h1-24H. The van der Waals surface area contributed by atoms with E-state index in [2.05, 4.69) is 71.3 Å². The summed E-state index contributed by atoms with van der Waals surface area (Å²) in [5.41, 5.74) is 9.04. The molecule has 10 rings (SSSR count). The molecule has 0 amide bonds. The predicted molar refractivity (Wildman–Crippen MR) is 232 cm³/mol. The molecule has 0 atom stereocenters. The normalized spacial score (nSPS) is 11.6. The molecular weight excluding hydrogens is 665 g/mol. The summed E-state index contributed by atoms with van der Waals surface area (Å²) in [5.74, 6) is 1.59. The smallest absolute Gasteiger partial charge is 0.238 e. The largest absolute Gasteiger partial charge is 0.310 e. The zero-order chi connectivity index (χ0) is 37.4. The van der Waals surface area contributed by atoms with Gasteiger partial charge in [0, 0.05) is 38.4 Å². The molecule has 0 N–H and O–H groups in total. The van der Waals surface area contributed by atoms with Crippen molar-refractivity contribution >= 4 is 110 Å². The number of fused-ring (bicyclic) bond motifs is 6. The Labute approximate surface area is 324 Å². The summed E-state index contributed by atoms with van der Waals surface area (Å²) in [6.07, 6.45) is 0. The number of hydrogen-bond donors (Lipinski definition) is 0. The molecule has 7 aromatic carbocycles. The summed E-state index contributed by atoms with van der Waals surface area (Å²) in [6.45, 7) is 0. The van der Waals surface area contributed by atoms with E-state index < -0.39 is 0 Å². The number of para-hydroxylation sites is 2. The fourth-order valence-electron chi connectivity index (χ4n) is 7.72. The fourth-order valence-corrected chi connectivity index (χ4v) is 7.72. The van der Waals surface area contributed by atoms with Crippen LogP contribution < -0.4 is 27.3 Å². The van der Waals surface area contributed by atoms with Crippen LogP contribution in [0.4, 0.5) is 0 Å². The third-order valence-electron chi connectivity index (χ3n) is 10.5. The minimum absolute atomic E-state index is 0.164. The number of rotatable bonds is 5. The molecule has 0 bridgehead atoms. The van der Waals surface area contributed by atoms with E-state index in [4.69, 9.17) is 54.2 Å². The lowest BCUT2D eigenvalue weighted by atomic mass is 9.61. The van der Waals surface area contributed by atoms with Crippen molar-refractivity contribution in [1.82, 2.24) is 24.1 Å². The molecule has 10 aromatic rings. The first kappa shape index (κ1) is 33.1. The average Bonchev–Trinajstić information content (AvgIpc) is 3.74. The molecule has 55 heavy (non-hydrogen) atoms. The molecule has 0 saturated carbocycles. The molecule has 0 unspecified atom stereocenters. The van der Waals surface area contributed by atoms with Crippen LogP contribution in [0.5, 0.6) is 0 Å². The highest BCUT2D eigenvalue weighted by Crippen LogP contribution is 2.39. The Morgan fingerprint density at radius 3 is 1.33 bits per heavy atom. The van der Waals surface area contributed by atoms with Gasteiger partial charge in [-0.2, -0.15) is 9.97 Å². The molecule has 10 heteroatoms. The molecule has 0 aliphatic carbocycles. The summed E-state index contributed by atoms with van der Waals surface area (Å²) < 4.78 is 4.12. The Bertz CT molecular complexity index is 3110. The van der Waals surface area contributed by atoms with E-state index >= 15 is 0 Å². The van der Waals surface area contributed by atoms with Gasteiger partial charge in [-0.25, -0.2) is 4.98 Å².